The second-order valence-corrected chi connectivity index (χ2v) is 17.1. The molecule has 9 rings (SSSR count). The maximum atomic E-state index is 13.4. The highest BCUT2D eigenvalue weighted by molar-refractivity contribution is 5.96. The van der Waals surface area contributed by atoms with Crippen LogP contribution >= 0.6 is 0 Å². The van der Waals surface area contributed by atoms with Crippen molar-refractivity contribution >= 4 is 51.6 Å². The Morgan fingerprint density at radius 3 is 2.50 bits per heavy atom. The monoisotopic (exact) mass is 817 g/mol. The molecule has 16 nitrogen and oxygen atoms in total. The van der Waals surface area contributed by atoms with Gasteiger partial charge in [0.15, 0.2) is 11.5 Å². The van der Waals surface area contributed by atoms with Gasteiger partial charge >= 0.3 is 6.03 Å². The number of likely N-dealkylation sites (tertiary alicyclic amines) is 1. The van der Waals surface area contributed by atoms with Crippen LogP contribution in [-0.4, -0.2) is 132 Å². The molecule has 316 valence electrons. The first-order valence-corrected chi connectivity index (χ1v) is 21.4. The summed E-state index contributed by atoms with van der Waals surface area (Å²) in [6.07, 6.45) is 8.46. The molecular weight excluding hydrogens is 763 g/mol. The largest absolute Gasteiger partial charge is 0.371 e. The summed E-state index contributed by atoms with van der Waals surface area (Å²) in [7, 11) is 1.84. The molecule has 4 amide bonds. The number of anilines is 4. The molecule has 4 aromatic rings. The topological polar surface area (TPSA) is 174 Å². The van der Waals surface area contributed by atoms with Crippen LogP contribution in [-0.2, 0) is 9.53 Å². The van der Waals surface area contributed by atoms with Gasteiger partial charge in [-0.2, -0.15) is 0 Å². The van der Waals surface area contributed by atoms with E-state index in [0.29, 0.717) is 54.9 Å². The quantitative estimate of drug-likeness (QED) is 0.213. The fraction of sp³-hybridized carbons (Fsp3) is 0.500. The van der Waals surface area contributed by atoms with Crippen LogP contribution in [0.2, 0.25) is 0 Å². The molecule has 2 aromatic heterocycles. The molecule has 16 heteroatoms. The van der Waals surface area contributed by atoms with Crippen LogP contribution < -0.4 is 31.7 Å². The summed E-state index contributed by atoms with van der Waals surface area (Å²) in [5.74, 6) is 1.37. The molecule has 7 heterocycles. The van der Waals surface area contributed by atoms with Gasteiger partial charge in [0.2, 0.25) is 5.91 Å². The van der Waals surface area contributed by atoms with Crippen molar-refractivity contribution in [2.75, 3.05) is 94.4 Å². The number of pyridine rings is 1. The minimum Gasteiger partial charge on any atom is -0.371 e. The van der Waals surface area contributed by atoms with Gasteiger partial charge < -0.3 is 50.2 Å². The molecule has 0 radical (unpaired) electrons. The molecule has 2 atom stereocenters. The highest BCUT2D eigenvalue weighted by atomic mass is 16.5. The van der Waals surface area contributed by atoms with E-state index in [1.807, 2.05) is 42.4 Å². The molecule has 60 heavy (non-hydrogen) atoms. The minimum absolute atomic E-state index is 0.0463. The fourth-order valence-electron chi connectivity index (χ4n) is 9.66. The lowest BCUT2D eigenvalue weighted by Gasteiger charge is -2.44. The first kappa shape index (κ1) is 39.7. The number of hydrogen-bond donors (Lipinski definition) is 3. The van der Waals surface area contributed by atoms with Crippen LogP contribution in [0.25, 0.3) is 10.8 Å². The Morgan fingerprint density at radius 2 is 1.73 bits per heavy atom. The predicted octanol–water partition coefficient (Wildman–Crippen LogP) is 3.71. The van der Waals surface area contributed by atoms with E-state index in [0.717, 1.165) is 94.8 Å². The second-order valence-electron chi connectivity index (χ2n) is 17.1. The van der Waals surface area contributed by atoms with E-state index in [-0.39, 0.29) is 42.0 Å². The zero-order valence-corrected chi connectivity index (χ0v) is 34.3. The number of urea groups is 1. The summed E-state index contributed by atoms with van der Waals surface area (Å²) in [6.45, 7) is 8.69. The summed E-state index contributed by atoms with van der Waals surface area (Å²) in [4.78, 5) is 70.5. The van der Waals surface area contributed by atoms with E-state index in [4.69, 9.17) is 15.5 Å². The minimum atomic E-state index is -0.645. The second kappa shape index (κ2) is 17.1. The zero-order chi connectivity index (χ0) is 41.3. The summed E-state index contributed by atoms with van der Waals surface area (Å²) >= 11 is 0. The standard InChI is InChI=1S/C44H55N11O5/c1-50-19-20-55(44(50)59)35-3-2-15-52(26-35)38-22-46-40(41(45)57)42(49-38)48-33-6-4-30(5-7-33)31-12-16-51(17-13-31)23-29-24-53(25-29)34-8-10-37-32(21-34)14-18-54(43(37)58)36-9-11-39(56)47-28-60-27-36/h4-8,10,14,18,21-22,29,31,35-36H,2-3,9,11-13,15-17,19-20,23-28H2,1H3,(H2,45,57)(H,47,56)(H,48,49)/t35-,36?/m1/s1. The lowest BCUT2D eigenvalue weighted by molar-refractivity contribution is -0.124. The number of carbonyl (C=O) groups excluding carboxylic acids is 3. The number of benzene rings is 2. The van der Waals surface area contributed by atoms with E-state index in [9.17, 15) is 19.2 Å². The third kappa shape index (κ3) is 8.35. The van der Waals surface area contributed by atoms with Crippen molar-refractivity contribution in [3.05, 3.63) is 82.5 Å². The molecule has 2 aromatic carbocycles. The van der Waals surface area contributed by atoms with Crippen LogP contribution in [0.1, 0.15) is 66.5 Å². The lowest BCUT2D eigenvalue weighted by atomic mass is 9.88. The molecule has 5 aliphatic rings. The van der Waals surface area contributed by atoms with Gasteiger partial charge in [0.25, 0.3) is 11.5 Å². The molecule has 5 aliphatic heterocycles. The van der Waals surface area contributed by atoms with Crippen LogP contribution in [0.4, 0.5) is 27.8 Å². The Kier molecular flexibility index (Phi) is 11.3. The van der Waals surface area contributed by atoms with Crippen molar-refractivity contribution < 1.29 is 19.1 Å². The van der Waals surface area contributed by atoms with Gasteiger partial charge in [-0.25, -0.2) is 14.8 Å². The molecule has 4 N–H and O–H groups in total. The first-order valence-electron chi connectivity index (χ1n) is 21.4. The van der Waals surface area contributed by atoms with Gasteiger partial charge in [0.05, 0.1) is 24.9 Å². The number of nitrogens with zero attached hydrogens (tertiary/aromatic N) is 8. The van der Waals surface area contributed by atoms with Crippen LogP contribution in [0.5, 0.6) is 0 Å². The maximum Gasteiger partial charge on any atom is 0.320 e. The smallest absolute Gasteiger partial charge is 0.320 e. The number of amides is 4. The molecule has 5 saturated heterocycles. The van der Waals surface area contributed by atoms with Crippen LogP contribution in [0.15, 0.2) is 65.7 Å². The number of carbonyl (C=O) groups is 3. The molecule has 0 saturated carbocycles. The van der Waals surface area contributed by atoms with Crippen molar-refractivity contribution in [3.63, 3.8) is 0 Å². The van der Waals surface area contributed by atoms with Gasteiger partial charge in [-0.1, -0.05) is 12.1 Å². The van der Waals surface area contributed by atoms with E-state index >= 15 is 0 Å². The van der Waals surface area contributed by atoms with E-state index < -0.39 is 5.91 Å². The number of fused-ring (bicyclic) bond motifs is 1. The predicted molar refractivity (Wildman–Crippen MR) is 230 cm³/mol. The normalized spacial score (nSPS) is 22.4. The zero-order valence-electron chi connectivity index (χ0n) is 34.3. The van der Waals surface area contributed by atoms with Crippen molar-refractivity contribution in [2.45, 2.75) is 56.5 Å². The highest BCUT2D eigenvalue weighted by Gasteiger charge is 2.35. The van der Waals surface area contributed by atoms with E-state index in [1.165, 1.54) is 5.56 Å². The van der Waals surface area contributed by atoms with Gasteiger partial charge in [-0.05, 0) is 98.5 Å². The van der Waals surface area contributed by atoms with Gasteiger partial charge in [-0.15, -0.1) is 0 Å². The number of ether oxygens (including phenoxy) is 1. The molecular formula is C44H55N11O5. The van der Waals surface area contributed by atoms with Crippen molar-refractivity contribution in [1.29, 1.82) is 0 Å². The molecule has 5 fully saturated rings. The number of primary amides is 1. The number of rotatable bonds is 10. The molecule has 0 aliphatic carbocycles. The van der Waals surface area contributed by atoms with Crippen molar-refractivity contribution in [3.8, 4) is 0 Å². The van der Waals surface area contributed by atoms with Gasteiger partial charge in [0.1, 0.15) is 12.5 Å². The lowest BCUT2D eigenvalue weighted by Crippen LogP contribution is -2.52. The number of hydrogen-bond acceptors (Lipinski definition) is 11. The molecule has 1 unspecified atom stereocenters. The summed E-state index contributed by atoms with van der Waals surface area (Å²) in [5.41, 5.74) is 9.02. The summed E-state index contributed by atoms with van der Waals surface area (Å²) in [5, 5.41) is 7.64. The van der Waals surface area contributed by atoms with Gasteiger partial charge in [0, 0.05) is 88.2 Å². The number of nitrogens with two attached hydrogens (primary N) is 1. The van der Waals surface area contributed by atoms with E-state index in [1.54, 1.807) is 15.7 Å². The van der Waals surface area contributed by atoms with E-state index in [2.05, 4.69) is 54.6 Å². The third-order valence-corrected chi connectivity index (χ3v) is 13.2. The Hall–Kier alpha value is -5.74. The van der Waals surface area contributed by atoms with Crippen LogP contribution in [0.3, 0.4) is 0 Å². The number of piperidine rings is 2. The van der Waals surface area contributed by atoms with Crippen LogP contribution in [0, 0.1) is 5.92 Å². The molecule has 0 bridgehead atoms. The Labute approximate surface area is 349 Å². The third-order valence-electron chi connectivity index (χ3n) is 13.2. The number of aromatic nitrogens is 3. The SMILES string of the molecule is CN1CCN([C@@H]2CCCN(c3cnc(C(N)=O)c(Nc4ccc(C5CCN(CC6CN(c7ccc8c(=O)n(C9CCC(=O)NCOC9)ccc8c7)C6)CC5)cc4)n3)C2)C1=O. The summed E-state index contributed by atoms with van der Waals surface area (Å²) in [6, 6.07) is 16.5. The van der Waals surface area contributed by atoms with Crippen molar-refractivity contribution in [2.24, 2.45) is 11.7 Å². The van der Waals surface area contributed by atoms with Gasteiger partial charge in [-0.3, -0.25) is 14.4 Å². The number of likely N-dealkylation sites (N-methyl/N-ethyl adjacent to an activating group) is 1. The fourth-order valence-corrected chi connectivity index (χ4v) is 9.66. The maximum absolute atomic E-state index is 13.4. The van der Waals surface area contributed by atoms with Crippen molar-refractivity contribution in [1.82, 2.24) is 34.6 Å². The molecule has 0 spiro atoms. The Morgan fingerprint density at radius 1 is 0.917 bits per heavy atom. The summed E-state index contributed by atoms with van der Waals surface area (Å²) < 4.78 is 7.30. The first-order chi connectivity index (χ1) is 29.2. The Bertz CT molecular complexity index is 2290. The highest BCUT2D eigenvalue weighted by Crippen LogP contribution is 2.33. The average Bonchev–Trinajstić information content (AvgIpc) is 3.58. The average molecular weight is 818 g/mol. The Balaban J connectivity index is 0.758. The number of nitrogens with one attached hydrogen (secondary N) is 2.